The Labute approximate surface area is 172 Å². The van der Waals surface area contributed by atoms with Gasteiger partial charge in [-0.25, -0.2) is 0 Å². The maximum Gasteiger partial charge on any atom is 0.409 e. The highest BCUT2D eigenvalue weighted by Crippen LogP contribution is 2.38. The SMILES string of the molecule is Cc1cccc2c1CN(CC(=O)N1c3ccccc3NC(=O)CC1C(F)(F)F)CC2. The van der Waals surface area contributed by atoms with Crippen molar-refractivity contribution in [3.63, 3.8) is 0 Å². The zero-order chi connectivity index (χ0) is 21.5. The highest BCUT2D eigenvalue weighted by Gasteiger charge is 2.49. The predicted octanol–water partition coefficient (Wildman–Crippen LogP) is 3.66. The molecule has 2 aliphatic rings. The summed E-state index contributed by atoms with van der Waals surface area (Å²) in [5.74, 6) is -1.43. The average molecular weight is 417 g/mol. The summed E-state index contributed by atoms with van der Waals surface area (Å²) in [6, 6.07) is 9.94. The number of benzene rings is 2. The van der Waals surface area contributed by atoms with Gasteiger partial charge in [0.1, 0.15) is 6.04 Å². The van der Waals surface area contributed by atoms with Crippen molar-refractivity contribution in [2.24, 2.45) is 0 Å². The lowest BCUT2D eigenvalue weighted by Crippen LogP contribution is -2.52. The molecule has 2 amide bonds. The number of rotatable bonds is 2. The smallest absolute Gasteiger partial charge is 0.324 e. The molecule has 0 saturated heterocycles. The van der Waals surface area contributed by atoms with Crippen LogP contribution in [0.4, 0.5) is 24.5 Å². The number of nitrogens with one attached hydrogen (secondary N) is 1. The summed E-state index contributed by atoms with van der Waals surface area (Å²) in [4.78, 5) is 27.9. The van der Waals surface area contributed by atoms with E-state index in [9.17, 15) is 22.8 Å². The summed E-state index contributed by atoms with van der Waals surface area (Å²) in [7, 11) is 0. The highest BCUT2D eigenvalue weighted by molar-refractivity contribution is 6.05. The molecule has 1 N–H and O–H groups in total. The minimum absolute atomic E-state index is 0.0734. The molecule has 1 atom stereocenters. The fraction of sp³-hybridized carbons (Fsp3) is 0.364. The first kappa shape index (κ1) is 20.4. The van der Waals surface area contributed by atoms with E-state index < -0.39 is 30.5 Å². The van der Waals surface area contributed by atoms with Gasteiger partial charge in [-0.15, -0.1) is 0 Å². The summed E-state index contributed by atoms with van der Waals surface area (Å²) in [5, 5.41) is 2.49. The standard InChI is InChI=1S/C22H22F3N3O2/c1-14-5-4-6-15-9-10-27(12-16(14)15)13-21(30)28-18-8-3-2-7-17(18)26-20(29)11-19(28)22(23,24)25/h2-8,19H,9-13H2,1H3,(H,26,29). The maximum atomic E-state index is 13.8. The third-order valence-electron chi connectivity index (χ3n) is 5.72. The van der Waals surface area contributed by atoms with Gasteiger partial charge < -0.3 is 5.32 Å². The number of halogens is 3. The van der Waals surface area contributed by atoms with Gasteiger partial charge in [0.25, 0.3) is 0 Å². The van der Waals surface area contributed by atoms with E-state index in [1.165, 1.54) is 17.7 Å². The summed E-state index contributed by atoms with van der Waals surface area (Å²) in [5.41, 5.74) is 3.72. The molecule has 4 rings (SSSR count). The molecule has 8 heteroatoms. The zero-order valence-corrected chi connectivity index (χ0v) is 16.5. The number of carbonyl (C=O) groups is 2. The Morgan fingerprint density at radius 1 is 1.17 bits per heavy atom. The number of carbonyl (C=O) groups excluding carboxylic acids is 2. The number of anilines is 2. The highest BCUT2D eigenvalue weighted by atomic mass is 19.4. The summed E-state index contributed by atoms with van der Waals surface area (Å²) < 4.78 is 41.5. The second-order valence-electron chi connectivity index (χ2n) is 7.76. The van der Waals surface area contributed by atoms with Gasteiger partial charge in [0, 0.05) is 13.1 Å². The minimum atomic E-state index is -4.73. The van der Waals surface area contributed by atoms with Gasteiger partial charge in [-0.2, -0.15) is 13.2 Å². The number of fused-ring (bicyclic) bond motifs is 2. The number of alkyl halides is 3. The number of aryl methyl sites for hydroxylation is 1. The molecule has 30 heavy (non-hydrogen) atoms. The lowest BCUT2D eigenvalue weighted by Gasteiger charge is -2.35. The van der Waals surface area contributed by atoms with E-state index in [0.717, 1.165) is 22.4 Å². The lowest BCUT2D eigenvalue weighted by molar-refractivity contribution is -0.158. The van der Waals surface area contributed by atoms with Gasteiger partial charge in [0.05, 0.1) is 24.3 Å². The first-order valence-electron chi connectivity index (χ1n) is 9.81. The molecule has 0 radical (unpaired) electrons. The van der Waals surface area contributed by atoms with Crippen LogP contribution in [0.1, 0.15) is 23.1 Å². The molecule has 158 valence electrons. The van der Waals surface area contributed by atoms with E-state index in [2.05, 4.69) is 5.32 Å². The normalized spacial score (nSPS) is 19.5. The number of hydrogen-bond acceptors (Lipinski definition) is 3. The molecular weight excluding hydrogens is 395 g/mol. The van der Waals surface area contributed by atoms with Crippen LogP contribution < -0.4 is 10.2 Å². The fourth-order valence-electron chi connectivity index (χ4n) is 4.20. The van der Waals surface area contributed by atoms with Crippen LogP contribution in [0.25, 0.3) is 0 Å². The Morgan fingerprint density at radius 3 is 2.70 bits per heavy atom. The van der Waals surface area contributed by atoms with E-state index in [1.807, 2.05) is 30.0 Å². The Kier molecular flexibility index (Phi) is 5.27. The number of hydrogen-bond donors (Lipinski definition) is 1. The van der Waals surface area contributed by atoms with Crippen molar-refractivity contribution in [2.45, 2.75) is 38.5 Å². The molecule has 0 spiro atoms. The molecule has 0 aromatic heterocycles. The van der Waals surface area contributed by atoms with E-state index in [0.29, 0.717) is 13.1 Å². The molecule has 2 aromatic rings. The second-order valence-corrected chi connectivity index (χ2v) is 7.76. The lowest BCUT2D eigenvalue weighted by atomic mass is 9.95. The van der Waals surface area contributed by atoms with Crippen molar-refractivity contribution in [1.82, 2.24) is 4.90 Å². The quantitative estimate of drug-likeness (QED) is 0.812. The number of para-hydroxylation sites is 2. The van der Waals surface area contributed by atoms with Crippen LogP contribution in [-0.2, 0) is 22.6 Å². The van der Waals surface area contributed by atoms with Crippen LogP contribution >= 0.6 is 0 Å². The Balaban J connectivity index is 1.64. The summed E-state index contributed by atoms with van der Waals surface area (Å²) in [6.45, 7) is 2.94. The average Bonchev–Trinajstić information content (AvgIpc) is 2.84. The van der Waals surface area contributed by atoms with Crippen molar-refractivity contribution in [1.29, 1.82) is 0 Å². The maximum absolute atomic E-state index is 13.8. The molecular formula is C22H22F3N3O2. The topological polar surface area (TPSA) is 52.7 Å². The van der Waals surface area contributed by atoms with Crippen LogP contribution in [0.2, 0.25) is 0 Å². The molecule has 0 aliphatic carbocycles. The zero-order valence-electron chi connectivity index (χ0n) is 16.5. The Bertz CT molecular complexity index is 990. The third kappa shape index (κ3) is 3.92. The van der Waals surface area contributed by atoms with Gasteiger partial charge in [-0.3, -0.25) is 19.4 Å². The van der Waals surface area contributed by atoms with Crippen molar-refractivity contribution >= 4 is 23.2 Å². The predicted molar refractivity (Wildman–Crippen MR) is 107 cm³/mol. The van der Waals surface area contributed by atoms with E-state index >= 15 is 0 Å². The third-order valence-corrected chi connectivity index (χ3v) is 5.72. The van der Waals surface area contributed by atoms with Gasteiger partial charge in [0.2, 0.25) is 11.8 Å². The molecule has 2 aromatic carbocycles. The number of nitrogens with zero attached hydrogens (tertiary/aromatic N) is 2. The van der Waals surface area contributed by atoms with E-state index in [1.54, 1.807) is 12.1 Å². The van der Waals surface area contributed by atoms with Gasteiger partial charge in [0.15, 0.2) is 0 Å². The van der Waals surface area contributed by atoms with Gasteiger partial charge in [-0.1, -0.05) is 30.3 Å². The summed E-state index contributed by atoms with van der Waals surface area (Å²) >= 11 is 0. The van der Waals surface area contributed by atoms with E-state index in [-0.39, 0.29) is 17.9 Å². The molecule has 2 heterocycles. The summed E-state index contributed by atoms with van der Waals surface area (Å²) in [6.07, 6.45) is -4.81. The fourth-order valence-corrected chi connectivity index (χ4v) is 4.20. The molecule has 1 unspecified atom stereocenters. The molecule has 0 fully saturated rings. The van der Waals surface area contributed by atoms with Crippen molar-refractivity contribution in [2.75, 3.05) is 23.3 Å². The van der Waals surface area contributed by atoms with Crippen LogP contribution in [0.3, 0.4) is 0 Å². The van der Waals surface area contributed by atoms with Gasteiger partial charge >= 0.3 is 6.18 Å². The molecule has 0 saturated carbocycles. The van der Waals surface area contributed by atoms with Crippen LogP contribution in [0, 0.1) is 6.92 Å². The van der Waals surface area contributed by atoms with Crippen molar-refractivity contribution < 1.29 is 22.8 Å². The number of amides is 2. The van der Waals surface area contributed by atoms with Crippen LogP contribution in [-0.4, -0.2) is 42.0 Å². The van der Waals surface area contributed by atoms with Crippen molar-refractivity contribution in [3.05, 3.63) is 59.2 Å². The van der Waals surface area contributed by atoms with E-state index in [4.69, 9.17) is 0 Å². The van der Waals surface area contributed by atoms with Crippen molar-refractivity contribution in [3.8, 4) is 0 Å². The molecule has 5 nitrogen and oxygen atoms in total. The largest absolute Gasteiger partial charge is 0.409 e. The monoisotopic (exact) mass is 417 g/mol. The second kappa shape index (κ2) is 7.75. The minimum Gasteiger partial charge on any atom is -0.324 e. The molecule has 0 bridgehead atoms. The first-order chi connectivity index (χ1) is 14.2. The molecule has 2 aliphatic heterocycles. The van der Waals surface area contributed by atoms with Gasteiger partial charge in [-0.05, 0) is 42.2 Å². The van der Waals surface area contributed by atoms with Crippen LogP contribution in [0.5, 0.6) is 0 Å². The first-order valence-corrected chi connectivity index (χ1v) is 9.81. The Morgan fingerprint density at radius 2 is 1.93 bits per heavy atom. The Hall–Kier alpha value is -2.87. The van der Waals surface area contributed by atoms with Crippen LogP contribution in [0.15, 0.2) is 42.5 Å².